The molecular weight excluding hydrogens is 411 g/mol. The van der Waals surface area contributed by atoms with E-state index in [0.29, 0.717) is 16.4 Å². The predicted octanol–water partition coefficient (Wildman–Crippen LogP) is 3.29. The van der Waals surface area contributed by atoms with Gasteiger partial charge in [0, 0.05) is 10.9 Å². The Morgan fingerprint density at radius 3 is 2.59 bits per heavy atom. The Hall–Kier alpha value is -2.19. The van der Waals surface area contributed by atoms with E-state index in [1.165, 1.54) is 17.8 Å². The molecule has 0 aromatic heterocycles. The van der Waals surface area contributed by atoms with Gasteiger partial charge in [0.25, 0.3) is 5.91 Å². The number of sulfone groups is 1. The van der Waals surface area contributed by atoms with Gasteiger partial charge in [-0.25, -0.2) is 12.8 Å². The largest absolute Gasteiger partial charge is 0.315 e. The van der Waals surface area contributed by atoms with Crippen LogP contribution < -0.4 is 4.90 Å². The molecule has 2 aliphatic heterocycles. The first kappa shape index (κ1) is 20.1. The normalized spacial score (nSPS) is 24.1. The molecule has 0 aliphatic carbocycles. The molecule has 0 spiro atoms. The summed E-state index contributed by atoms with van der Waals surface area (Å²) < 4.78 is 38.4. The quantitative estimate of drug-likeness (QED) is 0.745. The number of hydrogen-bond acceptors (Lipinski definition) is 4. The first-order valence-corrected chi connectivity index (χ1v) is 12.0. The summed E-state index contributed by atoms with van der Waals surface area (Å²) in [4.78, 5) is 18.6. The summed E-state index contributed by atoms with van der Waals surface area (Å²) in [6, 6.07) is 12.1. The average Bonchev–Trinajstić information content (AvgIpc) is 3.10. The third-order valence-corrected chi connectivity index (χ3v) is 8.41. The lowest BCUT2D eigenvalue weighted by molar-refractivity contribution is -0.117. The van der Waals surface area contributed by atoms with Crippen molar-refractivity contribution in [3.8, 4) is 0 Å². The van der Waals surface area contributed by atoms with Gasteiger partial charge in [0.05, 0.1) is 24.0 Å². The van der Waals surface area contributed by atoms with Gasteiger partial charge in [-0.2, -0.15) is 4.99 Å². The van der Waals surface area contributed by atoms with Crippen LogP contribution in [0, 0.1) is 19.7 Å². The highest BCUT2D eigenvalue weighted by Crippen LogP contribution is 2.41. The fraction of sp³-hybridized carbons (Fsp3) is 0.333. The number of amides is 1. The minimum Gasteiger partial charge on any atom is -0.315 e. The van der Waals surface area contributed by atoms with Crippen molar-refractivity contribution >= 4 is 38.4 Å². The number of hydrogen-bond donors (Lipinski definition) is 0. The monoisotopic (exact) mass is 432 g/mol. The van der Waals surface area contributed by atoms with Crippen LogP contribution in [-0.2, 0) is 21.1 Å². The zero-order valence-corrected chi connectivity index (χ0v) is 17.8. The van der Waals surface area contributed by atoms with Crippen molar-refractivity contribution in [2.45, 2.75) is 31.6 Å². The van der Waals surface area contributed by atoms with Crippen molar-refractivity contribution in [3.63, 3.8) is 0 Å². The molecule has 2 aromatic carbocycles. The van der Waals surface area contributed by atoms with Gasteiger partial charge in [-0.15, -0.1) is 0 Å². The summed E-state index contributed by atoms with van der Waals surface area (Å²) in [6.07, 6.45) is 0.161. The maximum atomic E-state index is 14.2. The third-order valence-electron chi connectivity index (χ3n) is 5.20. The number of aryl methyl sites for hydroxylation is 2. The van der Waals surface area contributed by atoms with Crippen molar-refractivity contribution in [1.29, 1.82) is 0 Å². The molecule has 4 rings (SSSR count). The summed E-state index contributed by atoms with van der Waals surface area (Å²) >= 11 is 1.29. The van der Waals surface area contributed by atoms with Gasteiger partial charge in [0.1, 0.15) is 5.82 Å². The fourth-order valence-corrected chi connectivity index (χ4v) is 7.56. The predicted molar refractivity (Wildman–Crippen MR) is 115 cm³/mol. The fourth-order valence-electron chi connectivity index (χ4n) is 3.62. The number of nitrogens with zero attached hydrogens (tertiary/aromatic N) is 2. The Balaban J connectivity index is 1.65. The van der Waals surface area contributed by atoms with E-state index in [2.05, 4.69) is 4.99 Å². The van der Waals surface area contributed by atoms with Gasteiger partial charge in [0.2, 0.25) is 0 Å². The lowest BCUT2D eigenvalue weighted by Crippen LogP contribution is -2.37. The van der Waals surface area contributed by atoms with Crippen molar-refractivity contribution in [3.05, 3.63) is 65.0 Å². The van der Waals surface area contributed by atoms with Crippen molar-refractivity contribution in [2.75, 3.05) is 16.4 Å². The molecule has 2 fully saturated rings. The smallest absolute Gasteiger partial charge is 0.252 e. The van der Waals surface area contributed by atoms with Crippen molar-refractivity contribution < 1.29 is 17.6 Å². The minimum atomic E-state index is -3.17. The van der Waals surface area contributed by atoms with Crippen LogP contribution in [0.25, 0.3) is 0 Å². The van der Waals surface area contributed by atoms with Gasteiger partial charge >= 0.3 is 0 Å². The number of rotatable bonds is 3. The lowest BCUT2D eigenvalue weighted by atomic mass is 10.1. The molecule has 2 saturated heterocycles. The molecule has 29 heavy (non-hydrogen) atoms. The molecule has 0 N–H and O–H groups in total. The van der Waals surface area contributed by atoms with Crippen LogP contribution >= 0.6 is 11.8 Å². The third kappa shape index (κ3) is 4.23. The van der Waals surface area contributed by atoms with E-state index in [-0.39, 0.29) is 40.9 Å². The number of amidine groups is 1. The molecule has 5 nitrogen and oxygen atoms in total. The van der Waals surface area contributed by atoms with Crippen LogP contribution in [0.1, 0.15) is 16.7 Å². The zero-order chi connectivity index (χ0) is 20.8. The van der Waals surface area contributed by atoms with Crippen LogP contribution in [0.2, 0.25) is 0 Å². The standard InChI is InChI=1S/C21H21FN2O3S2/c1-13-3-6-15(7-4-13)9-20(25)23-21-24(16-8-5-14(2)17(22)10-16)18-11-29(26,27)12-19(18)28-21/h3-8,10,18-19H,9,11-12H2,1-2H3/t18-,19-/m0/s1. The second-order valence-electron chi connectivity index (χ2n) is 7.55. The van der Waals surface area contributed by atoms with Crippen LogP contribution in [0.15, 0.2) is 47.5 Å². The second-order valence-corrected chi connectivity index (χ2v) is 10.9. The molecule has 0 saturated carbocycles. The number of benzene rings is 2. The van der Waals surface area contributed by atoms with Gasteiger partial charge in [-0.05, 0) is 37.1 Å². The average molecular weight is 433 g/mol. The van der Waals surface area contributed by atoms with E-state index in [0.717, 1.165) is 11.1 Å². The number of anilines is 1. The maximum Gasteiger partial charge on any atom is 0.252 e. The molecule has 152 valence electrons. The lowest BCUT2D eigenvalue weighted by Gasteiger charge is -2.24. The zero-order valence-electron chi connectivity index (χ0n) is 16.1. The molecule has 2 aliphatic rings. The van der Waals surface area contributed by atoms with Crippen LogP contribution in [0.4, 0.5) is 10.1 Å². The summed E-state index contributed by atoms with van der Waals surface area (Å²) in [6.45, 7) is 3.65. The molecule has 8 heteroatoms. The molecule has 2 heterocycles. The van der Waals surface area contributed by atoms with Gasteiger partial charge in [-0.3, -0.25) is 4.79 Å². The molecule has 0 radical (unpaired) electrons. The van der Waals surface area contributed by atoms with E-state index in [9.17, 15) is 17.6 Å². The number of carbonyl (C=O) groups is 1. The van der Waals surface area contributed by atoms with Crippen LogP contribution in [-0.4, -0.2) is 42.3 Å². The Bertz CT molecular complexity index is 1100. The molecule has 0 unspecified atom stereocenters. The van der Waals surface area contributed by atoms with E-state index in [4.69, 9.17) is 0 Å². The van der Waals surface area contributed by atoms with Crippen molar-refractivity contribution in [1.82, 2.24) is 0 Å². The van der Waals surface area contributed by atoms with E-state index < -0.39 is 9.84 Å². The number of thioether (sulfide) groups is 1. The topological polar surface area (TPSA) is 66.8 Å². The molecular formula is C21H21FN2O3S2. The number of carbonyl (C=O) groups excluding carboxylic acids is 1. The molecule has 2 atom stereocenters. The maximum absolute atomic E-state index is 14.2. The van der Waals surface area contributed by atoms with Gasteiger partial charge in [-0.1, -0.05) is 47.7 Å². The summed E-state index contributed by atoms with van der Waals surface area (Å²) in [5.41, 5.74) is 3.00. The molecule has 2 aromatic rings. The first-order chi connectivity index (χ1) is 13.7. The van der Waals surface area contributed by atoms with E-state index in [1.807, 2.05) is 31.2 Å². The Morgan fingerprint density at radius 2 is 1.90 bits per heavy atom. The number of halogens is 1. The molecule has 1 amide bonds. The van der Waals surface area contributed by atoms with Crippen LogP contribution in [0.5, 0.6) is 0 Å². The highest BCUT2D eigenvalue weighted by Gasteiger charge is 2.49. The number of aliphatic imine (C=N–C) groups is 1. The highest BCUT2D eigenvalue weighted by atomic mass is 32.2. The van der Waals surface area contributed by atoms with E-state index in [1.54, 1.807) is 24.0 Å². The van der Waals surface area contributed by atoms with Crippen molar-refractivity contribution in [2.24, 2.45) is 4.99 Å². The Morgan fingerprint density at radius 1 is 1.17 bits per heavy atom. The first-order valence-electron chi connectivity index (χ1n) is 9.31. The Labute approximate surface area is 173 Å². The highest BCUT2D eigenvalue weighted by molar-refractivity contribution is 8.16. The van der Waals surface area contributed by atoms with Gasteiger partial charge < -0.3 is 4.90 Å². The van der Waals surface area contributed by atoms with Gasteiger partial charge in [0.15, 0.2) is 15.0 Å². The Kier molecular flexibility index (Phi) is 5.25. The number of fused-ring (bicyclic) bond motifs is 1. The molecule has 0 bridgehead atoms. The summed E-state index contributed by atoms with van der Waals surface area (Å²) in [5, 5.41) is 0.227. The summed E-state index contributed by atoms with van der Waals surface area (Å²) in [5.74, 6) is -0.664. The van der Waals surface area contributed by atoms with Crippen LogP contribution in [0.3, 0.4) is 0 Å². The SMILES string of the molecule is Cc1ccc(CC(=O)N=C2S[C@H]3CS(=O)(=O)C[C@@H]3N2c2ccc(C)c(F)c2)cc1. The second kappa shape index (κ2) is 7.57. The van der Waals surface area contributed by atoms with E-state index >= 15 is 0 Å². The summed E-state index contributed by atoms with van der Waals surface area (Å²) in [7, 11) is -3.17. The minimum absolute atomic E-state index is 0.0225.